The van der Waals surface area contributed by atoms with Crippen molar-refractivity contribution in [2.45, 2.75) is 19.0 Å². The van der Waals surface area contributed by atoms with E-state index in [2.05, 4.69) is 79.0 Å². The maximum atomic E-state index is 3.78. The Kier molecular flexibility index (Phi) is 6.75. The van der Waals surface area contributed by atoms with E-state index in [1.165, 1.54) is 34.1 Å². The van der Waals surface area contributed by atoms with Gasteiger partial charge in [0.05, 0.1) is 0 Å². The minimum atomic E-state index is 0.452. The van der Waals surface area contributed by atoms with Crippen molar-refractivity contribution in [3.8, 4) is 0 Å². The molecule has 112 valence electrons. The molecule has 1 N–H and O–H groups in total. The molecule has 0 aliphatic carbocycles. The first-order chi connectivity index (χ1) is 9.66. The van der Waals surface area contributed by atoms with Gasteiger partial charge in [-0.05, 0) is 26.6 Å². The predicted octanol–water partition coefficient (Wildman–Crippen LogP) is 3.04. The van der Waals surface area contributed by atoms with Gasteiger partial charge in [0.25, 0.3) is 0 Å². The third-order valence-corrected chi connectivity index (χ3v) is 6.18. The van der Waals surface area contributed by atoms with E-state index in [9.17, 15) is 0 Å². The van der Waals surface area contributed by atoms with Crippen LogP contribution in [0.3, 0.4) is 0 Å². The van der Waals surface area contributed by atoms with Crippen LogP contribution in [0.4, 0.5) is 0 Å². The second-order valence-electron chi connectivity index (χ2n) is 5.65. The lowest BCUT2D eigenvalue weighted by Crippen LogP contribution is -2.39. The fraction of sp³-hybridized carbons (Fsp3) is 0.625. The zero-order valence-corrected chi connectivity index (χ0v) is 14.4. The van der Waals surface area contributed by atoms with Gasteiger partial charge in [0.15, 0.2) is 0 Å². The molecule has 1 aromatic rings. The molecule has 0 aromatic heterocycles. The van der Waals surface area contributed by atoms with Gasteiger partial charge in [0.1, 0.15) is 0 Å². The third-order valence-electron chi connectivity index (χ3n) is 3.66. The molecule has 4 heteroatoms. The van der Waals surface area contributed by atoms with Crippen LogP contribution in [0, 0.1) is 6.92 Å². The molecular weight excluding hydrogens is 284 g/mol. The molecule has 0 amide bonds. The number of likely N-dealkylation sites (N-methyl/N-ethyl adjacent to an activating group) is 1. The molecule has 20 heavy (non-hydrogen) atoms. The third kappa shape index (κ3) is 4.99. The molecule has 1 saturated heterocycles. The summed E-state index contributed by atoms with van der Waals surface area (Å²) in [5.41, 5.74) is 2.76. The van der Waals surface area contributed by atoms with Crippen molar-refractivity contribution in [2.75, 3.05) is 43.7 Å². The normalized spacial score (nSPS) is 19.0. The van der Waals surface area contributed by atoms with Gasteiger partial charge in [-0.25, -0.2) is 0 Å². The van der Waals surface area contributed by atoms with E-state index in [0.717, 1.165) is 6.54 Å². The SMILES string of the molecule is Cc1cccc(C(CNC2CSCCSC2)N(C)C)c1. The second-order valence-corrected chi connectivity index (χ2v) is 7.95. The average Bonchev–Trinajstić information content (AvgIpc) is 2.67. The molecule has 1 fully saturated rings. The Balaban J connectivity index is 1.95. The molecule has 2 rings (SSSR count). The van der Waals surface area contributed by atoms with Gasteiger partial charge in [-0.2, -0.15) is 23.5 Å². The van der Waals surface area contributed by atoms with Gasteiger partial charge in [-0.1, -0.05) is 29.8 Å². The van der Waals surface area contributed by atoms with Crippen molar-refractivity contribution < 1.29 is 0 Å². The first-order valence-electron chi connectivity index (χ1n) is 7.28. The number of nitrogens with one attached hydrogen (secondary N) is 1. The molecule has 0 radical (unpaired) electrons. The summed E-state index contributed by atoms with van der Waals surface area (Å²) >= 11 is 4.17. The van der Waals surface area contributed by atoms with Crippen molar-refractivity contribution in [2.24, 2.45) is 0 Å². The average molecular weight is 311 g/mol. The van der Waals surface area contributed by atoms with E-state index in [-0.39, 0.29) is 0 Å². The summed E-state index contributed by atoms with van der Waals surface area (Å²) in [5.74, 6) is 5.11. The largest absolute Gasteiger partial charge is 0.310 e. The lowest BCUT2D eigenvalue weighted by atomic mass is 10.0. The minimum absolute atomic E-state index is 0.452. The lowest BCUT2D eigenvalue weighted by molar-refractivity contribution is 0.284. The first kappa shape index (κ1) is 16.2. The van der Waals surface area contributed by atoms with E-state index in [1.54, 1.807) is 0 Å². The van der Waals surface area contributed by atoms with Crippen molar-refractivity contribution in [1.82, 2.24) is 10.2 Å². The van der Waals surface area contributed by atoms with Crippen LogP contribution in [0.15, 0.2) is 24.3 Å². The van der Waals surface area contributed by atoms with Crippen LogP contribution in [0.1, 0.15) is 17.2 Å². The van der Waals surface area contributed by atoms with Gasteiger partial charge in [-0.15, -0.1) is 0 Å². The maximum Gasteiger partial charge on any atom is 0.0467 e. The van der Waals surface area contributed by atoms with Crippen molar-refractivity contribution in [3.05, 3.63) is 35.4 Å². The van der Waals surface area contributed by atoms with Gasteiger partial charge in [0, 0.05) is 41.6 Å². The Morgan fingerprint density at radius 1 is 1.25 bits per heavy atom. The summed E-state index contributed by atoms with van der Waals surface area (Å²) in [6.45, 7) is 3.20. The van der Waals surface area contributed by atoms with Gasteiger partial charge < -0.3 is 10.2 Å². The number of nitrogens with zero attached hydrogens (tertiary/aromatic N) is 1. The second kappa shape index (κ2) is 8.32. The van der Waals surface area contributed by atoms with E-state index >= 15 is 0 Å². The Bertz CT molecular complexity index is 401. The fourth-order valence-electron chi connectivity index (χ4n) is 2.49. The summed E-state index contributed by atoms with van der Waals surface area (Å²) in [6, 6.07) is 9.99. The first-order valence-corrected chi connectivity index (χ1v) is 9.59. The van der Waals surface area contributed by atoms with E-state index in [0.29, 0.717) is 12.1 Å². The minimum Gasteiger partial charge on any atom is -0.310 e. The molecule has 1 aliphatic heterocycles. The molecule has 0 saturated carbocycles. The number of hydrogen-bond acceptors (Lipinski definition) is 4. The topological polar surface area (TPSA) is 15.3 Å². The molecule has 1 unspecified atom stereocenters. The van der Waals surface area contributed by atoms with Gasteiger partial charge in [0.2, 0.25) is 0 Å². The Labute approximate surface area is 132 Å². The van der Waals surface area contributed by atoms with Crippen molar-refractivity contribution >= 4 is 23.5 Å². The molecule has 1 atom stereocenters. The van der Waals surface area contributed by atoms with Crippen LogP contribution >= 0.6 is 23.5 Å². The molecule has 0 bridgehead atoms. The van der Waals surface area contributed by atoms with Crippen LogP contribution in [0.25, 0.3) is 0 Å². The van der Waals surface area contributed by atoms with Crippen molar-refractivity contribution in [3.63, 3.8) is 0 Å². The highest BCUT2D eigenvalue weighted by atomic mass is 32.2. The van der Waals surface area contributed by atoms with E-state index in [1.807, 2.05) is 0 Å². The molecule has 1 aromatic carbocycles. The van der Waals surface area contributed by atoms with Gasteiger partial charge >= 0.3 is 0 Å². The molecule has 1 heterocycles. The quantitative estimate of drug-likeness (QED) is 0.899. The predicted molar refractivity (Wildman–Crippen MR) is 94.0 cm³/mol. The monoisotopic (exact) mass is 310 g/mol. The summed E-state index contributed by atoms with van der Waals surface area (Å²) in [7, 11) is 4.34. The molecule has 0 spiro atoms. The number of thioether (sulfide) groups is 2. The number of rotatable bonds is 5. The van der Waals surface area contributed by atoms with Crippen LogP contribution < -0.4 is 5.32 Å². The van der Waals surface area contributed by atoms with Gasteiger partial charge in [-0.3, -0.25) is 0 Å². The lowest BCUT2D eigenvalue weighted by Gasteiger charge is -2.27. The zero-order valence-electron chi connectivity index (χ0n) is 12.8. The highest BCUT2D eigenvalue weighted by Crippen LogP contribution is 2.20. The number of aryl methyl sites for hydroxylation is 1. The molecule has 2 nitrogen and oxygen atoms in total. The van der Waals surface area contributed by atoms with E-state index < -0.39 is 0 Å². The number of hydrogen-bond donors (Lipinski definition) is 1. The highest BCUT2D eigenvalue weighted by Gasteiger charge is 2.18. The number of benzene rings is 1. The van der Waals surface area contributed by atoms with Crippen LogP contribution in [-0.4, -0.2) is 54.6 Å². The highest BCUT2D eigenvalue weighted by molar-refractivity contribution is 8.03. The summed E-state index contributed by atoms with van der Waals surface area (Å²) in [6.07, 6.45) is 0. The summed E-state index contributed by atoms with van der Waals surface area (Å²) < 4.78 is 0. The maximum absolute atomic E-state index is 3.78. The zero-order chi connectivity index (χ0) is 14.4. The Morgan fingerprint density at radius 3 is 2.55 bits per heavy atom. The van der Waals surface area contributed by atoms with Crippen molar-refractivity contribution in [1.29, 1.82) is 0 Å². The smallest absolute Gasteiger partial charge is 0.0467 e. The standard InChI is InChI=1S/C16H26N2S2/c1-13-5-4-6-14(9-13)16(18(2)3)10-17-15-11-19-7-8-20-12-15/h4-6,9,15-17H,7-8,10-12H2,1-3H3. The molecule has 1 aliphatic rings. The summed E-state index contributed by atoms with van der Waals surface area (Å²) in [4.78, 5) is 2.32. The fourth-order valence-corrected chi connectivity index (χ4v) is 4.96. The van der Waals surface area contributed by atoms with E-state index in [4.69, 9.17) is 0 Å². The van der Waals surface area contributed by atoms with Crippen LogP contribution in [0.5, 0.6) is 0 Å². The Morgan fingerprint density at radius 2 is 1.95 bits per heavy atom. The van der Waals surface area contributed by atoms with Crippen LogP contribution in [-0.2, 0) is 0 Å². The van der Waals surface area contributed by atoms with Crippen LogP contribution in [0.2, 0.25) is 0 Å². The molecular formula is C16H26N2S2. The Hall–Kier alpha value is -0.160. The summed E-state index contributed by atoms with van der Waals surface area (Å²) in [5, 5.41) is 3.78.